The molecule has 0 heterocycles. The van der Waals surface area contributed by atoms with Gasteiger partial charge in [0.05, 0.1) is 0 Å². The fourth-order valence-electron chi connectivity index (χ4n) is 3.36. The molecule has 0 nitrogen and oxygen atoms in total. The molecule has 0 radical (unpaired) electrons. The predicted octanol–water partition coefficient (Wildman–Crippen LogP) is 6.18. The summed E-state index contributed by atoms with van der Waals surface area (Å²) in [4.78, 5) is 0. The second kappa shape index (κ2) is 9.17. The second-order valence-electron chi connectivity index (χ2n) is 6.56. The topological polar surface area (TPSA) is 0 Å². The highest BCUT2D eigenvalue weighted by Gasteiger charge is 2.08. The van der Waals surface area contributed by atoms with E-state index >= 15 is 0 Å². The summed E-state index contributed by atoms with van der Waals surface area (Å²) in [7, 11) is 0. The Balaban J connectivity index is 1.57. The van der Waals surface area contributed by atoms with Crippen molar-refractivity contribution in [3.63, 3.8) is 0 Å². The van der Waals surface area contributed by atoms with Gasteiger partial charge in [-0.25, -0.2) is 4.39 Å². The number of halogens is 1. The van der Waals surface area contributed by atoms with E-state index in [1.54, 1.807) is 6.07 Å². The van der Waals surface area contributed by atoms with Crippen LogP contribution < -0.4 is 0 Å². The third kappa shape index (κ3) is 5.29. The minimum Gasteiger partial charge on any atom is -0.207 e. The summed E-state index contributed by atoms with van der Waals surface area (Å²) in [5, 5.41) is 0. The molecule has 0 N–H and O–H groups in total. The first kappa shape index (κ1) is 17.4. The van der Waals surface area contributed by atoms with Gasteiger partial charge in [0, 0.05) is 0 Å². The highest BCUT2D eigenvalue weighted by molar-refractivity contribution is 5.29. The normalized spacial score (nSPS) is 10.8. The van der Waals surface area contributed by atoms with Gasteiger partial charge in [0.15, 0.2) is 0 Å². The summed E-state index contributed by atoms with van der Waals surface area (Å²) in [5.74, 6) is -0.0507. The number of hydrogen-bond acceptors (Lipinski definition) is 0. The van der Waals surface area contributed by atoms with Crippen LogP contribution in [0.3, 0.4) is 0 Å². The van der Waals surface area contributed by atoms with Gasteiger partial charge in [0.25, 0.3) is 0 Å². The van der Waals surface area contributed by atoms with E-state index in [2.05, 4.69) is 54.6 Å². The first-order valence-electron chi connectivity index (χ1n) is 9.17. The maximum absolute atomic E-state index is 14.3. The molecule has 128 valence electrons. The van der Waals surface area contributed by atoms with E-state index in [9.17, 15) is 4.39 Å². The van der Waals surface area contributed by atoms with E-state index in [1.807, 2.05) is 18.2 Å². The van der Waals surface area contributed by atoms with Gasteiger partial charge in [0.2, 0.25) is 0 Å². The molecule has 3 aromatic rings. The Morgan fingerprint density at radius 2 is 1.08 bits per heavy atom. The minimum atomic E-state index is -0.0507. The van der Waals surface area contributed by atoms with Crippen LogP contribution in [0.1, 0.15) is 35.1 Å². The van der Waals surface area contributed by atoms with Crippen molar-refractivity contribution >= 4 is 0 Å². The van der Waals surface area contributed by atoms with Gasteiger partial charge in [-0.1, -0.05) is 72.8 Å². The van der Waals surface area contributed by atoms with E-state index in [0.29, 0.717) is 0 Å². The van der Waals surface area contributed by atoms with Gasteiger partial charge in [-0.15, -0.1) is 0 Å². The highest BCUT2D eigenvalue weighted by Crippen LogP contribution is 2.19. The van der Waals surface area contributed by atoms with Crippen LogP contribution in [0.5, 0.6) is 0 Å². The molecule has 0 bridgehead atoms. The molecule has 1 heteroatoms. The Labute approximate surface area is 150 Å². The van der Waals surface area contributed by atoms with Gasteiger partial charge < -0.3 is 0 Å². The van der Waals surface area contributed by atoms with Crippen LogP contribution in [0.4, 0.5) is 4.39 Å². The lowest BCUT2D eigenvalue weighted by atomic mass is 9.95. The summed E-state index contributed by atoms with van der Waals surface area (Å²) in [6, 6.07) is 26.5. The monoisotopic (exact) mass is 332 g/mol. The highest BCUT2D eigenvalue weighted by atomic mass is 19.1. The van der Waals surface area contributed by atoms with Crippen LogP contribution in [0, 0.1) is 5.82 Å². The maximum atomic E-state index is 14.3. The van der Waals surface area contributed by atoms with Crippen molar-refractivity contribution in [3.8, 4) is 0 Å². The zero-order chi connectivity index (χ0) is 17.3. The molecule has 0 spiro atoms. The Morgan fingerprint density at radius 1 is 0.520 bits per heavy atom. The quantitative estimate of drug-likeness (QED) is 0.462. The van der Waals surface area contributed by atoms with Crippen molar-refractivity contribution in [2.75, 3.05) is 0 Å². The molecular formula is C24H25F. The molecule has 0 aliphatic heterocycles. The lowest BCUT2D eigenvalue weighted by Crippen LogP contribution is -2.01. The third-order valence-electron chi connectivity index (χ3n) is 4.71. The van der Waals surface area contributed by atoms with Crippen molar-refractivity contribution < 1.29 is 4.39 Å². The standard InChI is InChI=1S/C24H25F/c25-24-19-9-17-22(16-7-14-20-10-3-1-4-11-20)23(24)18-8-15-21-12-5-2-6-13-21/h1-6,9-13,17,19H,7-8,14-16,18H2. The summed E-state index contributed by atoms with van der Waals surface area (Å²) in [6.45, 7) is 0. The summed E-state index contributed by atoms with van der Waals surface area (Å²) in [6.07, 6.45) is 5.82. The van der Waals surface area contributed by atoms with Crippen molar-refractivity contribution in [1.29, 1.82) is 0 Å². The number of rotatable bonds is 8. The number of hydrogen-bond donors (Lipinski definition) is 0. The SMILES string of the molecule is Fc1cccc(CCCc2ccccc2)c1CCCc1ccccc1. The average Bonchev–Trinajstić information content (AvgIpc) is 2.65. The van der Waals surface area contributed by atoms with Gasteiger partial charge in [-0.2, -0.15) is 0 Å². The fourth-order valence-corrected chi connectivity index (χ4v) is 3.36. The molecule has 0 unspecified atom stereocenters. The van der Waals surface area contributed by atoms with Gasteiger partial charge in [-0.3, -0.25) is 0 Å². The van der Waals surface area contributed by atoms with Gasteiger partial charge in [0.1, 0.15) is 5.82 Å². The molecular weight excluding hydrogens is 307 g/mol. The molecule has 3 rings (SSSR count). The van der Waals surface area contributed by atoms with E-state index in [4.69, 9.17) is 0 Å². The molecule has 0 atom stereocenters. The van der Waals surface area contributed by atoms with Crippen molar-refractivity contribution in [2.24, 2.45) is 0 Å². The lowest BCUT2D eigenvalue weighted by molar-refractivity contribution is 0.598. The zero-order valence-electron chi connectivity index (χ0n) is 14.6. The van der Waals surface area contributed by atoms with Crippen LogP contribution in [0.25, 0.3) is 0 Å². The Bertz CT molecular complexity index is 763. The third-order valence-corrected chi connectivity index (χ3v) is 4.71. The molecule has 0 amide bonds. The molecule has 0 saturated carbocycles. The van der Waals surface area contributed by atoms with E-state index < -0.39 is 0 Å². The first-order valence-corrected chi connectivity index (χ1v) is 9.17. The second-order valence-corrected chi connectivity index (χ2v) is 6.56. The van der Waals surface area contributed by atoms with Crippen molar-refractivity contribution in [1.82, 2.24) is 0 Å². The largest absolute Gasteiger partial charge is 0.207 e. The average molecular weight is 332 g/mol. The predicted molar refractivity (Wildman–Crippen MR) is 103 cm³/mol. The van der Waals surface area contributed by atoms with E-state index in [0.717, 1.165) is 44.1 Å². The molecule has 0 fully saturated rings. The maximum Gasteiger partial charge on any atom is 0.126 e. The van der Waals surface area contributed by atoms with E-state index in [-0.39, 0.29) is 5.82 Å². The van der Waals surface area contributed by atoms with Crippen LogP contribution in [0.15, 0.2) is 78.9 Å². The summed E-state index contributed by atoms with van der Waals surface area (Å²) >= 11 is 0. The van der Waals surface area contributed by atoms with Crippen molar-refractivity contribution in [2.45, 2.75) is 38.5 Å². The first-order chi connectivity index (χ1) is 12.3. The molecule has 3 aromatic carbocycles. The Morgan fingerprint density at radius 3 is 1.68 bits per heavy atom. The fraction of sp³-hybridized carbons (Fsp3) is 0.250. The zero-order valence-corrected chi connectivity index (χ0v) is 14.6. The number of benzene rings is 3. The molecule has 0 aliphatic carbocycles. The minimum absolute atomic E-state index is 0.0507. The molecule has 0 aliphatic rings. The Hall–Kier alpha value is -2.41. The van der Waals surface area contributed by atoms with Crippen molar-refractivity contribution in [3.05, 3.63) is 107 Å². The summed E-state index contributed by atoms with van der Waals surface area (Å²) in [5.41, 5.74) is 4.75. The molecule has 0 aromatic heterocycles. The van der Waals surface area contributed by atoms with Gasteiger partial charge in [-0.05, 0) is 66.8 Å². The lowest BCUT2D eigenvalue weighted by Gasteiger charge is -2.11. The molecule has 0 saturated heterocycles. The van der Waals surface area contributed by atoms with Crippen LogP contribution >= 0.6 is 0 Å². The smallest absolute Gasteiger partial charge is 0.126 e. The summed E-state index contributed by atoms with van der Waals surface area (Å²) < 4.78 is 14.3. The van der Waals surface area contributed by atoms with Crippen LogP contribution in [0.2, 0.25) is 0 Å². The van der Waals surface area contributed by atoms with E-state index in [1.165, 1.54) is 16.7 Å². The molecule has 25 heavy (non-hydrogen) atoms. The van der Waals surface area contributed by atoms with Crippen LogP contribution in [-0.4, -0.2) is 0 Å². The Kier molecular flexibility index (Phi) is 6.39. The number of aryl methyl sites for hydroxylation is 3. The van der Waals surface area contributed by atoms with Crippen LogP contribution in [-0.2, 0) is 25.7 Å². The van der Waals surface area contributed by atoms with Gasteiger partial charge >= 0.3 is 0 Å².